The van der Waals surface area contributed by atoms with E-state index in [1.165, 1.54) is 16.2 Å². The van der Waals surface area contributed by atoms with Crippen LogP contribution < -0.4 is 4.90 Å². The average Bonchev–Trinajstić information content (AvgIpc) is 3.48. The molecule has 0 bridgehead atoms. The van der Waals surface area contributed by atoms with Gasteiger partial charge in [0.15, 0.2) is 10.9 Å². The zero-order valence-corrected chi connectivity index (χ0v) is 18.0. The first-order valence-corrected chi connectivity index (χ1v) is 10.8. The normalized spacial score (nSPS) is 16.5. The predicted molar refractivity (Wildman–Crippen MR) is 121 cm³/mol. The molecule has 0 fully saturated rings. The second kappa shape index (κ2) is 7.53. The standard InChI is InChI=1S/C22H13Cl2N3O3S/c23-12-8-6-11(7-9-12)18-16(19(28)14-4-2-10-25-14)20(29)21(30)27(18)22-26-17-13(24)3-1-5-15(17)31-22/h1-10,18,25,29H. The first-order chi connectivity index (χ1) is 15.0. The fraction of sp³-hybridized carbons (Fsp3) is 0.0455. The van der Waals surface area contributed by atoms with Gasteiger partial charge in [-0.2, -0.15) is 0 Å². The highest BCUT2D eigenvalue weighted by molar-refractivity contribution is 7.22. The van der Waals surface area contributed by atoms with Crippen LogP contribution in [0, 0.1) is 0 Å². The molecule has 1 unspecified atom stereocenters. The maximum atomic E-state index is 13.2. The van der Waals surface area contributed by atoms with E-state index in [0.717, 1.165) is 4.70 Å². The number of anilines is 1. The number of aromatic amines is 1. The third kappa shape index (κ3) is 3.22. The van der Waals surface area contributed by atoms with E-state index in [1.807, 2.05) is 6.07 Å². The number of benzene rings is 2. The number of aromatic nitrogens is 2. The molecule has 31 heavy (non-hydrogen) atoms. The van der Waals surface area contributed by atoms with Gasteiger partial charge in [0.2, 0.25) is 5.78 Å². The molecule has 1 atom stereocenters. The van der Waals surface area contributed by atoms with Crippen LogP contribution in [0.25, 0.3) is 10.2 Å². The van der Waals surface area contributed by atoms with Crippen LogP contribution in [-0.2, 0) is 4.79 Å². The van der Waals surface area contributed by atoms with Gasteiger partial charge in [0.05, 0.1) is 27.0 Å². The summed E-state index contributed by atoms with van der Waals surface area (Å²) in [5.74, 6) is -1.78. The maximum absolute atomic E-state index is 13.2. The van der Waals surface area contributed by atoms with E-state index >= 15 is 0 Å². The van der Waals surface area contributed by atoms with Crippen molar-refractivity contribution in [2.45, 2.75) is 6.04 Å². The highest BCUT2D eigenvalue weighted by Crippen LogP contribution is 2.44. The molecule has 0 radical (unpaired) electrons. The van der Waals surface area contributed by atoms with E-state index in [2.05, 4.69) is 9.97 Å². The topological polar surface area (TPSA) is 86.3 Å². The first kappa shape index (κ1) is 19.8. The third-order valence-corrected chi connectivity index (χ3v) is 6.62. The Labute approximate surface area is 190 Å². The molecule has 154 valence electrons. The number of fused-ring (bicyclic) bond motifs is 1. The Kier molecular flexibility index (Phi) is 4.81. The summed E-state index contributed by atoms with van der Waals surface area (Å²) in [5, 5.41) is 12.0. The molecule has 1 amide bonds. The number of ketones is 1. The number of hydrogen-bond donors (Lipinski definition) is 2. The minimum atomic E-state index is -0.875. The number of aliphatic hydroxyl groups is 1. The maximum Gasteiger partial charge on any atom is 0.296 e. The summed E-state index contributed by atoms with van der Waals surface area (Å²) >= 11 is 13.6. The highest BCUT2D eigenvalue weighted by atomic mass is 35.5. The third-order valence-electron chi connectivity index (χ3n) is 5.05. The summed E-state index contributed by atoms with van der Waals surface area (Å²) in [7, 11) is 0. The summed E-state index contributed by atoms with van der Waals surface area (Å²) in [6, 6.07) is 14.5. The van der Waals surface area contributed by atoms with E-state index in [4.69, 9.17) is 23.2 Å². The number of amides is 1. The number of aliphatic hydroxyl groups excluding tert-OH is 1. The van der Waals surface area contributed by atoms with Crippen molar-refractivity contribution in [3.05, 3.63) is 93.4 Å². The number of nitrogens with zero attached hydrogens (tertiary/aromatic N) is 2. The number of rotatable bonds is 4. The van der Waals surface area contributed by atoms with Gasteiger partial charge < -0.3 is 10.1 Å². The van der Waals surface area contributed by atoms with Crippen LogP contribution in [0.4, 0.5) is 5.13 Å². The highest BCUT2D eigenvalue weighted by Gasteiger charge is 2.46. The quantitative estimate of drug-likeness (QED) is 0.374. The first-order valence-electron chi connectivity index (χ1n) is 9.21. The summed E-state index contributed by atoms with van der Waals surface area (Å²) in [5.41, 5.74) is 1.40. The molecule has 5 rings (SSSR count). The van der Waals surface area contributed by atoms with Crippen molar-refractivity contribution < 1.29 is 14.7 Å². The van der Waals surface area contributed by atoms with Gasteiger partial charge in [0.25, 0.3) is 5.91 Å². The molecule has 4 aromatic rings. The van der Waals surface area contributed by atoms with E-state index in [0.29, 0.717) is 26.3 Å². The minimum absolute atomic E-state index is 0.0277. The molecule has 9 heteroatoms. The molecule has 1 aliphatic rings. The zero-order chi connectivity index (χ0) is 21.7. The van der Waals surface area contributed by atoms with E-state index in [9.17, 15) is 14.7 Å². The fourth-order valence-corrected chi connectivity index (χ4v) is 5.04. The minimum Gasteiger partial charge on any atom is -0.503 e. The number of nitrogens with one attached hydrogen (secondary N) is 1. The lowest BCUT2D eigenvalue weighted by atomic mass is 9.95. The molecular formula is C22H13Cl2N3O3S. The molecule has 0 spiro atoms. The lowest BCUT2D eigenvalue weighted by molar-refractivity contribution is -0.117. The number of para-hydroxylation sites is 1. The molecular weight excluding hydrogens is 457 g/mol. The van der Waals surface area contributed by atoms with Gasteiger partial charge in [-0.15, -0.1) is 0 Å². The lowest BCUT2D eigenvalue weighted by Gasteiger charge is -2.24. The number of Topliss-reactive ketones (excluding diaryl/α,β-unsaturated/α-hetero) is 1. The zero-order valence-electron chi connectivity index (χ0n) is 15.7. The Morgan fingerprint density at radius 1 is 1.10 bits per heavy atom. The summed E-state index contributed by atoms with van der Waals surface area (Å²) in [6.07, 6.45) is 1.60. The number of hydrogen-bond acceptors (Lipinski definition) is 5. The second-order valence-electron chi connectivity index (χ2n) is 6.89. The monoisotopic (exact) mass is 469 g/mol. The number of H-pyrrole nitrogens is 1. The Morgan fingerprint density at radius 2 is 1.87 bits per heavy atom. The van der Waals surface area contributed by atoms with Gasteiger partial charge in [-0.3, -0.25) is 14.5 Å². The number of carbonyl (C=O) groups excluding carboxylic acids is 2. The van der Waals surface area contributed by atoms with Crippen LogP contribution in [0.5, 0.6) is 0 Å². The predicted octanol–water partition coefficient (Wildman–Crippen LogP) is 5.71. The molecule has 2 aromatic heterocycles. The molecule has 2 N–H and O–H groups in total. The fourth-order valence-electron chi connectivity index (χ4n) is 3.62. The van der Waals surface area contributed by atoms with Gasteiger partial charge in [-0.25, -0.2) is 4.98 Å². The summed E-state index contributed by atoms with van der Waals surface area (Å²) in [4.78, 5) is 35.1. The van der Waals surface area contributed by atoms with E-state index in [-0.39, 0.29) is 11.3 Å². The molecule has 1 aliphatic heterocycles. The van der Waals surface area contributed by atoms with Crippen LogP contribution in [0.15, 0.2) is 72.1 Å². The van der Waals surface area contributed by atoms with E-state index in [1.54, 1.807) is 54.7 Å². The largest absolute Gasteiger partial charge is 0.503 e. The smallest absolute Gasteiger partial charge is 0.296 e. The van der Waals surface area contributed by atoms with Gasteiger partial charge in [0.1, 0.15) is 5.52 Å². The number of halogens is 2. The molecule has 6 nitrogen and oxygen atoms in total. The molecule has 0 aliphatic carbocycles. The van der Waals surface area contributed by atoms with Crippen LogP contribution in [0.1, 0.15) is 22.1 Å². The molecule has 0 saturated heterocycles. The Balaban J connectivity index is 1.70. The van der Waals surface area contributed by atoms with Crippen molar-refractivity contribution in [1.82, 2.24) is 9.97 Å². The van der Waals surface area contributed by atoms with Crippen molar-refractivity contribution in [3.63, 3.8) is 0 Å². The van der Waals surface area contributed by atoms with Crippen molar-refractivity contribution >= 4 is 61.6 Å². The molecule has 0 saturated carbocycles. The van der Waals surface area contributed by atoms with Crippen LogP contribution >= 0.6 is 34.5 Å². The van der Waals surface area contributed by atoms with Gasteiger partial charge in [0, 0.05) is 11.2 Å². The Morgan fingerprint density at radius 3 is 2.55 bits per heavy atom. The molecule has 3 heterocycles. The van der Waals surface area contributed by atoms with E-state index < -0.39 is 23.5 Å². The van der Waals surface area contributed by atoms with Crippen LogP contribution in [0.2, 0.25) is 10.0 Å². The SMILES string of the molecule is O=C(C1=C(O)C(=O)N(c2nc3c(Cl)cccc3s2)C1c1ccc(Cl)cc1)c1ccc[nH]1. The second-order valence-corrected chi connectivity index (χ2v) is 8.74. The van der Waals surface area contributed by atoms with Crippen molar-refractivity contribution in [3.8, 4) is 0 Å². The average molecular weight is 470 g/mol. The van der Waals surface area contributed by atoms with Crippen molar-refractivity contribution in [1.29, 1.82) is 0 Å². The van der Waals surface area contributed by atoms with Crippen LogP contribution in [0.3, 0.4) is 0 Å². The Bertz CT molecular complexity index is 1360. The summed E-state index contributed by atoms with van der Waals surface area (Å²) in [6.45, 7) is 0. The van der Waals surface area contributed by atoms with Gasteiger partial charge in [-0.1, -0.05) is 52.7 Å². The lowest BCUT2D eigenvalue weighted by Crippen LogP contribution is -2.31. The number of carbonyl (C=O) groups is 2. The summed E-state index contributed by atoms with van der Waals surface area (Å²) < 4.78 is 0.786. The van der Waals surface area contributed by atoms with Crippen molar-refractivity contribution in [2.24, 2.45) is 0 Å². The van der Waals surface area contributed by atoms with Crippen molar-refractivity contribution in [2.75, 3.05) is 4.90 Å². The van der Waals surface area contributed by atoms with Crippen LogP contribution in [-0.4, -0.2) is 26.8 Å². The van der Waals surface area contributed by atoms with Gasteiger partial charge in [-0.05, 0) is 42.0 Å². The number of thiazole rings is 1. The molecule has 2 aromatic carbocycles. The van der Waals surface area contributed by atoms with Gasteiger partial charge >= 0.3 is 0 Å². The Hall–Kier alpha value is -3.13.